The standard InChI is InChI=1S/C10H14/c1-4-5-6-7-8-9-10(2)3/h4,6-9H,1-3H3/b8-7-. The second-order valence-corrected chi connectivity index (χ2v) is 2.25. The molecule has 0 radical (unpaired) electrons. The predicted octanol–water partition coefficient (Wildman–Crippen LogP) is 3.24. The lowest BCUT2D eigenvalue weighted by atomic mass is 10.3. The van der Waals surface area contributed by atoms with E-state index in [2.05, 4.69) is 25.7 Å². The zero-order chi connectivity index (χ0) is 7.82. The summed E-state index contributed by atoms with van der Waals surface area (Å²) in [6.07, 6.45) is 9.80. The van der Waals surface area contributed by atoms with E-state index in [0.29, 0.717) is 0 Å². The summed E-state index contributed by atoms with van der Waals surface area (Å²) in [6, 6.07) is 0. The third-order valence-electron chi connectivity index (χ3n) is 0.900. The average molecular weight is 134 g/mol. The molecule has 0 N–H and O–H groups in total. The molecule has 10 heavy (non-hydrogen) atoms. The van der Waals surface area contributed by atoms with E-state index in [1.165, 1.54) is 5.57 Å². The van der Waals surface area contributed by atoms with Crippen LogP contribution < -0.4 is 0 Å². The van der Waals surface area contributed by atoms with E-state index in [4.69, 9.17) is 0 Å². The maximum atomic E-state index is 2.96. The summed E-state index contributed by atoms with van der Waals surface area (Å²) in [7, 11) is 0. The third kappa shape index (κ3) is 7.00. The van der Waals surface area contributed by atoms with Crippen LogP contribution in [0.25, 0.3) is 0 Å². The molecule has 0 saturated carbocycles. The highest BCUT2D eigenvalue weighted by molar-refractivity contribution is 5.13. The summed E-state index contributed by atoms with van der Waals surface area (Å²) in [5.41, 5.74) is 4.27. The molecule has 0 rings (SSSR count). The van der Waals surface area contributed by atoms with Crippen molar-refractivity contribution >= 4 is 0 Å². The summed E-state index contributed by atoms with van der Waals surface area (Å²) in [5.74, 6) is 0. The molecule has 0 aliphatic carbocycles. The van der Waals surface area contributed by atoms with E-state index in [1.807, 2.05) is 31.2 Å². The molecule has 0 unspecified atom stereocenters. The second-order valence-electron chi connectivity index (χ2n) is 2.25. The first-order valence-corrected chi connectivity index (χ1v) is 3.44. The molecule has 0 saturated heterocycles. The van der Waals surface area contributed by atoms with E-state index in [1.54, 1.807) is 0 Å². The molecule has 0 aromatic carbocycles. The van der Waals surface area contributed by atoms with Crippen LogP contribution in [0.15, 0.2) is 41.7 Å². The average Bonchev–Trinajstić information content (AvgIpc) is 1.87. The topological polar surface area (TPSA) is 0 Å². The Hall–Kier alpha value is -1.00. The first kappa shape index (κ1) is 9.00. The van der Waals surface area contributed by atoms with Crippen molar-refractivity contribution < 1.29 is 0 Å². The Morgan fingerprint density at radius 3 is 2.40 bits per heavy atom. The van der Waals surface area contributed by atoms with Crippen molar-refractivity contribution in [3.63, 3.8) is 0 Å². The molecule has 0 spiro atoms. The number of allylic oxidation sites excluding steroid dienone is 5. The highest BCUT2D eigenvalue weighted by Gasteiger charge is 1.66. The first-order chi connectivity index (χ1) is 4.77. The van der Waals surface area contributed by atoms with Crippen LogP contribution in [0.4, 0.5) is 0 Å². The molecule has 0 heteroatoms. The van der Waals surface area contributed by atoms with Gasteiger partial charge in [0.05, 0.1) is 0 Å². The number of hydrogen-bond acceptors (Lipinski definition) is 0. The van der Waals surface area contributed by atoms with Crippen LogP contribution in [0, 0.1) is 0 Å². The van der Waals surface area contributed by atoms with Gasteiger partial charge < -0.3 is 0 Å². The molecule has 0 aromatic rings. The van der Waals surface area contributed by atoms with Gasteiger partial charge in [0.15, 0.2) is 0 Å². The summed E-state index contributed by atoms with van der Waals surface area (Å²) in [6.45, 7) is 6.10. The van der Waals surface area contributed by atoms with Gasteiger partial charge in [0.2, 0.25) is 0 Å². The number of rotatable bonds is 2. The van der Waals surface area contributed by atoms with Gasteiger partial charge in [0.1, 0.15) is 0 Å². The van der Waals surface area contributed by atoms with Crippen molar-refractivity contribution in [3.8, 4) is 0 Å². The molecular weight excluding hydrogens is 120 g/mol. The van der Waals surface area contributed by atoms with Gasteiger partial charge >= 0.3 is 0 Å². The van der Waals surface area contributed by atoms with Gasteiger partial charge in [-0.15, -0.1) is 5.73 Å². The lowest BCUT2D eigenvalue weighted by molar-refractivity contribution is 1.39. The molecule has 0 atom stereocenters. The summed E-state index contributed by atoms with van der Waals surface area (Å²) >= 11 is 0. The SMILES string of the molecule is CC=C=C/C=C\C=C(C)C. The van der Waals surface area contributed by atoms with E-state index in [0.717, 1.165) is 0 Å². The smallest absolute Gasteiger partial charge is 0.0203 e. The molecule has 0 aliphatic heterocycles. The molecular formula is C10H14. The zero-order valence-electron chi connectivity index (χ0n) is 6.89. The van der Waals surface area contributed by atoms with Gasteiger partial charge in [-0.3, -0.25) is 0 Å². The van der Waals surface area contributed by atoms with Crippen LogP contribution in [-0.2, 0) is 0 Å². The third-order valence-corrected chi connectivity index (χ3v) is 0.900. The fraction of sp³-hybridized carbons (Fsp3) is 0.300. The van der Waals surface area contributed by atoms with E-state index in [9.17, 15) is 0 Å². The van der Waals surface area contributed by atoms with E-state index in [-0.39, 0.29) is 0 Å². The Morgan fingerprint density at radius 1 is 1.20 bits per heavy atom. The molecule has 0 amide bonds. The Bertz CT molecular complexity index is 182. The Morgan fingerprint density at radius 2 is 1.90 bits per heavy atom. The van der Waals surface area contributed by atoms with Crippen molar-refractivity contribution in [2.75, 3.05) is 0 Å². The van der Waals surface area contributed by atoms with E-state index >= 15 is 0 Å². The Kier molecular flexibility index (Phi) is 5.51. The van der Waals surface area contributed by atoms with Crippen molar-refractivity contribution in [2.24, 2.45) is 0 Å². The van der Waals surface area contributed by atoms with Crippen LogP contribution >= 0.6 is 0 Å². The van der Waals surface area contributed by atoms with Gasteiger partial charge in [-0.25, -0.2) is 0 Å². The number of hydrogen-bond donors (Lipinski definition) is 0. The van der Waals surface area contributed by atoms with Gasteiger partial charge in [-0.1, -0.05) is 23.8 Å². The molecule has 0 heterocycles. The summed E-state index contributed by atoms with van der Waals surface area (Å²) in [4.78, 5) is 0. The van der Waals surface area contributed by atoms with Crippen molar-refractivity contribution in [3.05, 3.63) is 41.7 Å². The van der Waals surface area contributed by atoms with Gasteiger partial charge in [-0.05, 0) is 32.9 Å². The molecule has 0 bridgehead atoms. The first-order valence-electron chi connectivity index (χ1n) is 3.44. The summed E-state index contributed by atoms with van der Waals surface area (Å²) < 4.78 is 0. The minimum Gasteiger partial charge on any atom is -0.125 e. The zero-order valence-corrected chi connectivity index (χ0v) is 6.89. The van der Waals surface area contributed by atoms with Crippen LogP contribution in [0.5, 0.6) is 0 Å². The fourth-order valence-electron chi connectivity index (χ4n) is 0.455. The van der Waals surface area contributed by atoms with Crippen LogP contribution in [0.1, 0.15) is 20.8 Å². The van der Waals surface area contributed by atoms with Crippen LogP contribution in [0.3, 0.4) is 0 Å². The monoisotopic (exact) mass is 134 g/mol. The normalized spacial score (nSPS) is 8.70. The van der Waals surface area contributed by atoms with Gasteiger partial charge in [-0.2, -0.15) is 0 Å². The maximum absolute atomic E-state index is 2.96. The quantitative estimate of drug-likeness (QED) is 0.401. The van der Waals surface area contributed by atoms with Gasteiger partial charge in [0.25, 0.3) is 0 Å². The van der Waals surface area contributed by atoms with Crippen molar-refractivity contribution in [1.29, 1.82) is 0 Å². The van der Waals surface area contributed by atoms with Crippen molar-refractivity contribution in [1.82, 2.24) is 0 Å². The highest BCUT2D eigenvalue weighted by Crippen LogP contribution is 1.88. The van der Waals surface area contributed by atoms with Crippen LogP contribution in [-0.4, -0.2) is 0 Å². The van der Waals surface area contributed by atoms with Crippen LogP contribution in [0.2, 0.25) is 0 Å². The Balaban J connectivity index is 3.79. The lowest BCUT2D eigenvalue weighted by Crippen LogP contribution is -1.57. The highest BCUT2D eigenvalue weighted by atomic mass is 13.7. The predicted molar refractivity (Wildman–Crippen MR) is 46.9 cm³/mol. The minimum absolute atomic E-state index is 1.31. The molecule has 0 aromatic heterocycles. The maximum Gasteiger partial charge on any atom is -0.0203 e. The molecule has 0 fully saturated rings. The minimum atomic E-state index is 1.31. The van der Waals surface area contributed by atoms with Gasteiger partial charge in [0, 0.05) is 0 Å². The van der Waals surface area contributed by atoms with Crippen molar-refractivity contribution in [2.45, 2.75) is 20.8 Å². The lowest BCUT2D eigenvalue weighted by Gasteiger charge is -1.78. The Labute approximate surface area is 63.3 Å². The molecule has 54 valence electrons. The molecule has 0 nitrogen and oxygen atoms in total. The molecule has 0 aliphatic rings. The fourth-order valence-corrected chi connectivity index (χ4v) is 0.455. The van der Waals surface area contributed by atoms with E-state index < -0.39 is 0 Å². The summed E-state index contributed by atoms with van der Waals surface area (Å²) in [5, 5.41) is 0. The second kappa shape index (κ2) is 6.12. The largest absolute Gasteiger partial charge is 0.125 e.